The lowest BCUT2D eigenvalue weighted by Crippen LogP contribution is -2.34. The molecule has 1 N–H and O–H groups in total. The summed E-state index contributed by atoms with van der Waals surface area (Å²) in [6, 6.07) is 32.0. The van der Waals surface area contributed by atoms with Crippen LogP contribution in [0, 0.1) is 0 Å². The Hall–Kier alpha value is -3.84. The summed E-state index contributed by atoms with van der Waals surface area (Å²) < 4.78 is 0. The van der Waals surface area contributed by atoms with Gasteiger partial charge in [-0.05, 0) is 86.7 Å². The molecule has 0 aromatic heterocycles. The third-order valence-electron chi connectivity index (χ3n) is 8.91. The van der Waals surface area contributed by atoms with Crippen molar-refractivity contribution in [3.63, 3.8) is 0 Å². The van der Waals surface area contributed by atoms with E-state index in [0.717, 1.165) is 12.8 Å². The molecule has 1 unspecified atom stereocenters. The van der Waals surface area contributed by atoms with Crippen LogP contribution in [-0.2, 0) is 10.8 Å². The number of nitrogens with one attached hydrogen (secondary N) is 1. The maximum Gasteiger partial charge on any atom is 0.0750 e. The second kappa shape index (κ2) is 6.43. The van der Waals surface area contributed by atoms with Gasteiger partial charge in [-0.3, -0.25) is 0 Å². The van der Waals surface area contributed by atoms with Crippen molar-refractivity contribution < 1.29 is 0 Å². The lowest BCUT2D eigenvalue weighted by molar-refractivity contribution is 0.659. The van der Waals surface area contributed by atoms with Crippen molar-refractivity contribution in [2.45, 2.75) is 37.5 Å². The highest BCUT2D eigenvalue weighted by Gasteiger charge is 2.53. The van der Waals surface area contributed by atoms with Gasteiger partial charge in [-0.1, -0.05) is 92.7 Å². The van der Waals surface area contributed by atoms with E-state index in [9.17, 15) is 0 Å². The van der Waals surface area contributed by atoms with Crippen LogP contribution in [0.3, 0.4) is 0 Å². The molecule has 1 nitrogen and oxygen atoms in total. The molecule has 8 rings (SSSR count). The van der Waals surface area contributed by atoms with E-state index in [1.165, 1.54) is 67.0 Å². The van der Waals surface area contributed by atoms with Gasteiger partial charge in [0.2, 0.25) is 0 Å². The topological polar surface area (TPSA) is 12.0 Å². The smallest absolute Gasteiger partial charge is 0.0750 e. The molecule has 168 valence electrons. The van der Waals surface area contributed by atoms with E-state index in [1.54, 1.807) is 0 Å². The lowest BCUT2D eigenvalue weighted by Gasteiger charge is -2.41. The fraction of sp³-hybridized carbons (Fsp3) is 0.176. The van der Waals surface area contributed by atoms with Crippen LogP contribution in [0.5, 0.6) is 0 Å². The molecule has 1 heterocycles. The predicted octanol–water partition coefficient (Wildman–Crippen LogP) is 8.50. The van der Waals surface area contributed by atoms with E-state index >= 15 is 0 Å². The summed E-state index contributed by atoms with van der Waals surface area (Å²) >= 11 is 0. The van der Waals surface area contributed by atoms with Gasteiger partial charge >= 0.3 is 0 Å². The number of hydrogen-bond acceptors (Lipinski definition) is 1. The van der Waals surface area contributed by atoms with Crippen LogP contribution in [0.25, 0.3) is 16.7 Å². The number of hydrogen-bond donors (Lipinski definition) is 1. The van der Waals surface area contributed by atoms with Gasteiger partial charge in [-0.25, -0.2) is 0 Å². The van der Waals surface area contributed by atoms with E-state index in [4.69, 9.17) is 0 Å². The first-order valence-corrected chi connectivity index (χ1v) is 12.8. The van der Waals surface area contributed by atoms with Gasteiger partial charge in [0.1, 0.15) is 0 Å². The van der Waals surface area contributed by atoms with Crippen molar-refractivity contribution in [3.05, 3.63) is 136 Å². The third-order valence-corrected chi connectivity index (χ3v) is 8.91. The zero-order valence-corrected chi connectivity index (χ0v) is 20.2. The Balaban J connectivity index is 1.54. The maximum atomic E-state index is 3.87. The van der Waals surface area contributed by atoms with Gasteiger partial charge in [0.15, 0.2) is 0 Å². The molecule has 1 heteroatoms. The first kappa shape index (κ1) is 19.5. The molecule has 4 aromatic carbocycles. The molecule has 0 saturated heterocycles. The van der Waals surface area contributed by atoms with Gasteiger partial charge in [-0.2, -0.15) is 0 Å². The predicted molar refractivity (Wildman–Crippen MR) is 145 cm³/mol. The number of fused-ring (bicyclic) bond motifs is 12. The number of benzene rings is 4. The van der Waals surface area contributed by atoms with Crippen LogP contribution in [0.15, 0.2) is 103 Å². The minimum atomic E-state index is -0.295. The van der Waals surface area contributed by atoms with Crippen molar-refractivity contribution in [1.82, 2.24) is 0 Å². The molecule has 3 aliphatic carbocycles. The first-order chi connectivity index (χ1) is 17.1. The zero-order chi connectivity index (χ0) is 23.4. The van der Waals surface area contributed by atoms with Gasteiger partial charge < -0.3 is 5.32 Å². The van der Waals surface area contributed by atoms with Crippen molar-refractivity contribution >= 4 is 16.9 Å². The summed E-state index contributed by atoms with van der Waals surface area (Å²) in [5.74, 6) is 0. The minimum absolute atomic E-state index is 0.0183. The maximum absolute atomic E-state index is 3.87. The van der Waals surface area contributed by atoms with E-state index in [2.05, 4.69) is 116 Å². The van der Waals surface area contributed by atoms with Crippen LogP contribution in [0.4, 0.5) is 11.4 Å². The number of rotatable bonds is 0. The lowest BCUT2D eigenvalue weighted by atomic mass is 9.63. The molecule has 1 spiro atoms. The standard InChI is InChI=1S/C34H27N/c1-33(2)25-14-6-3-13-23(25)24-19-30-32(20-29(24)33)35-31-18-10-9-17-28(31)34(30)26-15-7-4-11-21(26)22-12-5-8-16-27(22)34/h3-4,6-7,9-20,35H,5,8H2,1-2H3. The fourth-order valence-electron chi connectivity index (χ4n) is 7.43. The number of allylic oxidation sites excluding steroid dienone is 4. The van der Waals surface area contributed by atoms with Crippen molar-refractivity contribution in [3.8, 4) is 11.1 Å². The van der Waals surface area contributed by atoms with Crippen molar-refractivity contribution in [2.24, 2.45) is 0 Å². The zero-order valence-electron chi connectivity index (χ0n) is 20.2. The van der Waals surface area contributed by atoms with Gasteiger partial charge in [0.25, 0.3) is 0 Å². The molecule has 35 heavy (non-hydrogen) atoms. The highest BCUT2D eigenvalue weighted by molar-refractivity contribution is 5.99. The Labute approximate surface area is 206 Å². The van der Waals surface area contributed by atoms with Crippen molar-refractivity contribution in [1.29, 1.82) is 0 Å². The van der Waals surface area contributed by atoms with E-state index in [0.29, 0.717) is 0 Å². The average molecular weight is 450 g/mol. The Bertz CT molecular complexity index is 1650. The Kier molecular flexibility index (Phi) is 3.58. The molecule has 4 aromatic rings. The molecule has 0 radical (unpaired) electrons. The Morgan fingerprint density at radius 3 is 2.11 bits per heavy atom. The molecule has 0 saturated carbocycles. The monoisotopic (exact) mass is 449 g/mol. The summed E-state index contributed by atoms with van der Waals surface area (Å²) in [4.78, 5) is 0. The van der Waals surface area contributed by atoms with Crippen molar-refractivity contribution in [2.75, 3.05) is 5.32 Å². The quantitative estimate of drug-likeness (QED) is 0.284. The molecule has 1 aliphatic heterocycles. The highest BCUT2D eigenvalue weighted by Crippen LogP contribution is 2.64. The van der Waals surface area contributed by atoms with Crippen LogP contribution in [-0.4, -0.2) is 0 Å². The Morgan fingerprint density at radius 1 is 0.571 bits per heavy atom. The van der Waals surface area contributed by atoms with Gasteiger partial charge in [0, 0.05) is 16.8 Å². The average Bonchev–Trinajstić information content (AvgIpc) is 3.31. The highest BCUT2D eigenvalue weighted by atomic mass is 14.9. The second-order valence-corrected chi connectivity index (χ2v) is 10.9. The van der Waals surface area contributed by atoms with E-state index in [1.807, 2.05) is 0 Å². The fourth-order valence-corrected chi connectivity index (χ4v) is 7.43. The summed E-state index contributed by atoms with van der Waals surface area (Å²) in [5, 5.41) is 3.87. The normalized spacial score (nSPS) is 21.5. The third kappa shape index (κ3) is 2.20. The molecule has 0 bridgehead atoms. The van der Waals surface area contributed by atoms with Crippen LogP contribution in [0.1, 0.15) is 60.1 Å². The van der Waals surface area contributed by atoms with E-state index < -0.39 is 0 Å². The summed E-state index contributed by atoms with van der Waals surface area (Å²) in [6.45, 7) is 4.73. The van der Waals surface area contributed by atoms with Gasteiger partial charge in [0.05, 0.1) is 5.41 Å². The number of anilines is 2. The van der Waals surface area contributed by atoms with Crippen LogP contribution < -0.4 is 5.32 Å². The Morgan fingerprint density at radius 2 is 1.26 bits per heavy atom. The minimum Gasteiger partial charge on any atom is -0.355 e. The molecule has 0 amide bonds. The molecule has 4 aliphatic rings. The molecular formula is C34H27N. The molecular weight excluding hydrogens is 422 g/mol. The van der Waals surface area contributed by atoms with Crippen LogP contribution in [0.2, 0.25) is 0 Å². The largest absolute Gasteiger partial charge is 0.355 e. The SMILES string of the molecule is CC1(C)c2ccccc2-c2cc3c(cc21)Nc1ccccc1C31C2=CCCC=C2c2ccccc21. The summed E-state index contributed by atoms with van der Waals surface area (Å²) in [6.07, 6.45) is 7.20. The number of para-hydroxylation sites is 1. The first-order valence-electron chi connectivity index (χ1n) is 12.8. The molecule has 0 fully saturated rings. The van der Waals surface area contributed by atoms with Crippen LogP contribution >= 0.6 is 0 Å². The molecule has 1 atom stereocenters. The second-order valence-electron chi connectivity index (χ2n) is 10.9. The summed E-state index contributed by atoms with van der Waals surface area (Å²) in [7, 11) is 0. The summed E-state index contributed by atoms with van der Waals surface area (Å²) in [5.41, 5.74) is 16.2. The van der Waals surface area contributed by atoms with Gasteiger partial charge in [-0.15, -0.1) is 0 Å². The van der Waals surface area contributed by atoms with E-state index in [-0.39, 0.29) is 10.8 Å².